The first-order valence-corrected chi connectivity index (χ1v) is 12.6. The van der Waals surface area contributed by atoms with Gasteiger partial charge in [0.1, 0.15) is 5.75 Å². The number of carbonyl (C=O) groups is 1. The summed E-state index contributed by atoms with van der Waals surface area (Å²) in [6, 6.07) is 21.4. The molecular weight excluding hydrogens is 450 g/mol. The van der Waals surface area contributed by atoms with Gasteiger partial charge in [-0.1, -0.05) is 24.3 Å². The van der Waals surface area contributed by atoms with E-state index in [1.54, 1.807) is 36.4 Å². The minimum atomic E-state index is -3.81. The number of methoxy groups -OCH3 is 1. The summed E-state index contributed by atoms with van der Waals surface area (Å²) in [7, 11) is -0.825. The van der Waals surface area contributed by atoms with E-state index in [-0.39, 0.29) is 10.8 Å². The highest BCUT2D eigenvalue weighted by Gasteiger charge is 2.26. The number of aryl methyl sites for hydroxylation is 1. The van der Waals surface area contributed by atoms with E-state index in [2.05, 4.69) is 30.0 Å². The van der Waals surface area contributed by atoms with Gasteiger partial charge in [-0.15, -0.1) is 0 Å². The van der Waals surface area contributed by atoms with Gasteiger partial charge < -0.3 is 14.5 Å². The lowest BCUT2D eigenvalue weighted by Crippen LogP contribution is -2.48. The van der Waals surface area contributed by atoms with Crippen LogP contribution >= 0.6 is 0 Å². The summed E-state index contributed by atoms with van der Waals surface area (Å²) >= 11 is 0. The monoisotopic (exact) mass is 479 g/mol. The third-order valence-electron chi connectivity index (χ3n) is 6.12. The van der Waals surface area contributed by atoms with Gasteiger partial charge in [-0.05, 0) is 61.0 Å². The number of piperazine rings is 1. The fourth-order valence-electron chi connectivity index (χ4n) is 4.12. The van der Waals surface area contributed by atoms with Crippen molar-refractivity contribution in [3.05, 3.63) is 83.9 Å². The van der Waals surface area contributed by atoms with Crippen LogP contribution in [0.2, 0.25) is 0 Å². The third-order valence-corrected chi connectivity index (χ3v) is 7.90. The minimum Gasteiger partial charge on any atom is -0.495 e. The molecule has 0 aromatic heterocycles. The molecule has 1 aliphatic heterocycles. The highest BCUT2D eigenvalue weighted by Crippen LogP contribution is 2.31. The molecule has 1 fully saturated rings. The molecule has 8 heteroatoms. The van der Waals surface area contributed by atoms with Gasteiger partial charge in [-0.2, -0.15) is 0 Å². The van der Waals surface area contributed by atoms with Gasteiger partial charge in [0.2, 0.25) is 0 Å². The van der Waals surface area contributed by atoms with Crippen LogP contribution in [-0.2, 0) is 10.0 Å². The number of sulfonamides is 1. The lowest BCUT2D eigenvalue weighted by Gasteiger charge is -2.36. The number of hydrogen-bond donors (Lipinski definition) is 0. The smallest absolute Gasteiger partial charge is 0.264 e. The molecule has 3 aromatic carbocycles. The van der Waals surface area contributed by atoms with E-state index in [0.29, 0.717) is 30.1 Å². The Labute approximate surface area is 201 Å². The molecule has 0 radical (unpaired) electrons. The van der Waals surface area contributed by atoms with E-state index in [4.69, 9.17) is 4.74 Å². The predicted molar refractivity (Wildman–Crippen MR) is 134 cm³/mol. The van der Waals surface area contributed by atoms with Gasteiger partial charge in [0.05, 0.1) is 17.7 Å². The summed E-state index contributed by atoms with van der Waals surface area (Å²) in [6.07, 6.45) is 0. The van der Waals surface area contributed by atoms with Crippen LogP contribution in [0.3, 0.4) is 0 Å². The zero-order chi connectivity index (χ0) is 24.3. The number of rotatable bonds is 6. The summed E-state index contributed by atoms with van der Waals surface area (Å²) in [5, 5.41) is 0. The maximum Gasteiger partial charge on any atom is 0.264 e. The summed E-state index contributed by atoms with van der Waals surface area (Å²) in [5.41, 5.74) is 3.29. The third kappa shape index (κ3) is 4.72. The lowest BCUT2D eigenvalue weighted by atomic mass is 10.1. The highest BCUT2D eigenvalue weighted by atomic mass is 32.2. The van der Waals surface area contributed by atoms with Gasteiger partial charge >= 0.3 is 0 Å². The fourth-order valence-corrected chi connectivity index (χ4v) is 5.33. The van der Waals surface area contributed by atoms with Gasteiger partial charge in [0.25, 0.3) is 15.9 Å². The molecule has 0 saturated carbocycles. The van der Waals surface area contributed by atoms with E-state index in [1.165, 1.54) is 41.8 Å². The zero-order valence-corrected chi connectivity index (χ0v) is 20.5. The topological polar surface area (TPSA) is 70.2 Å². The summed E-state index contributed by atoms with van der Waals surface area (Å²) in [6.45, 7) is 4.81. The molecule has 3 aromatic rings. The van der Waals surface area contributed by atoms with Crippen molar-refractivity contribution in [2.45, 2.75) is 11.8 Å². The average Bonchev–Trinajstić information content (AvgIpc) is 2.88. The molecular formula is C26H29N3O4S. The fraction of sp³-hybridized carbons (Fsp3) is 0.269. The zero-order valence-electron chi connectivity index (χ0n) is 19.6. The number of ether oxygens (including phenoxy) is 1. The first-order chi connectivity index (χ1) is 16.3. The van der Waals surface area contributed by atoms with E-state index in [0.717, 1.165) is 13.1 Å². The highest BCUT2D eigenvalue weighted by molar-refractivity contribution is 7.92. The molecule has 34 heavy (non-hydrogen) atoms. The quantitative estimate of drug-likeness (QED) is 0.538. The SMILES string of the molecule is COc1ccccc1N(C)S(=O)(=O)c1ccc(C(=O)N2CCN(c3cccc(C)c3)CC2)cc1. The van der Waals surface area contributed by atoms with Gasteiger partial charge in [0.15, 0.2) is 0 Å². The van der Waals surface area contributed by atoms with Crippen molar-refractivity contribution in [1.29, 1.82) is 0 Å². The van der Waals surface area contributed by atoms with Crippen molar-refractivity contribution in [3.8, 4) is 5.75 Å². The van der Waals surface area contributed by atoms with Crippen LogP contribution in [0.1, 0.15) is 15.9 Å². The summed E-state index contributed by atoms with van der Waals surface area (Å²) in [5.74, 6) is 0.371. The molecule has 1 amide bonds. The number of hydrogen-bond acceptors (Lipinski definition) is 5. The Balaban J connectivity index is 1.44. The Morgan fingerprint density at radius 2 is 1.59 bits per heavy atom. The first kappa shape index (κ1) is 23.6. The maximum absolute atomic E-state index is 13.1. The number of benzene rings is 3. The molecule has 0 atom stereocenters. The largest absolute Gasteiger partial charge is 0.495 e. The second-order valence-corrected chi connectivity index (χ2v) is 10.3. The minimum absolute atomic E-state index is 0.0917. The summed E-state index contributed by atoms with van der Waals surface area (Å²) < 4.78 is 32.8. The average molecular weight is 480 g/mol. The normalized spacial score (nSPS) is 14.1. The van der Waals surface area contributed by atoms with Gasteiger partial charge in [-0.3, -0.25) is 9.10 Å². The molecule has 0 N–H and O–H groups in total. The van der Waals surface area contributed by atoms with E-state index in [1.807, 2.05) is 11.0 Å². The van der Waals surface area contributed by atoms with Crippen LogP contribution < -0.4 is 13.9 Å². The number of para-hydroxylation sites is 2. The molecule has 0 spiro atoms. The second-order valence-electron chi connectivity index (χ2n) is 8.29. The van der Waals surface area contributed by atoms with Crippen LogP contribution in [0.5, 0.6) is 5.75 Å². The molecule has 1 aliphatic rings. The maximum atomic E-state index is 13.1. The van der Waals surface area contributed by atoms with Gasteiger partial charge in [0, 0.05) is 44.5 Å². The van der Waals surface area contributed by atoms with Crippen LogP contribution in [0.15, 0.2) is 77.7 Å². The molecule has 0 bridgehead atoms. The Kier molecular flexibility index (Phi) is 6.79. The molecule has 0 aliphatic carbocycles. The predicted octanol–water partition coefficient (Wildman–Crippen LogP) is 3.79. The van der Waals surface area contributed by atoms with Crippen molar-refractivity contribution in [1.82, 2.24) is 4.90 Å². The molecule has 1 heterocycles. The molecule has 7 nitrogen and oxygen atoms in total. The molecule has 178 valence electrons. The van der Waals surface area contributed by atoms with Crippen molar-refractivity contribution < 1.29 is 17.9 Å². The van der Waals surface area contributed by atoms with Crippen molar-refractivity contribution >= 4 is 27.3 Å². The Morgan fingerprint density at radius 3 is 2.24 bits per heavy atom. The van der Waals surface area contributed by atoms with Crippen LogP contribution in [-0.4, -0.2) is 59.6 Å². The Bertz CT molecular complexity index is 1270. The van der Waals surface area contributed by atoms with E-state index in [9.17, 15) is 13.2 Å². The second kappa shape index (κ2) is 9.77. The van der Waals surface area contributed by atoms with Crippen LogP contribution in [0.4, 0.5) is 11.4 Å². The Hall–Kier alpha value is -3.52. The standard InChI is InChI=1S/C26H29N3O4S/c1-20-7-6-8-22(19-20)28-15-17-29(18-16-28)26(30)21-11-13-23(14-12-21)34(31,32)27(2)24-9-4-5-10-25(24)33-3/h4-14,19H,15-18H2,1-3H3. The number of amides is 1. The van der Waals surface area contributed by atoms with E-state index < -0.39 is 10.0 Å². The van der Waals surface area contributed by atoms with Crippen molar-refractivity contribution in [2.75, 3.05) is 49.5 Å². The van der Waals surface area contributed by atoms with E-state index >= 15 is 0 Å². The number of anilines is 2. The first-order valence-electron chi connectivity index (χ1n) is 11.1. The van der Waals surface area contributed by atoms with Crippen molar-refractivity contribution in [2.24, 2.45) is 0 Å². The summed E-state index contributed by atoms with van der Waals surface area (Å²) in [4.78, 5) is 17.2. The molecule has 4 rings (SSSR count). The Morgan fingerprint density at radius 1 is 0.912 bits per heavy atom. The van der Waals surface area contributed by atoms with Crippen LogP contribution in [0.25, 0.3) is 0 Å². The molecule has 0 unspecified atom stereocenters. The van der Waals surface area contributed by atoms with Crippen molar-refractivity contribution in [3.63, 3.8) is 0 Å². The number of nitrogens with zero attached hydrogens (tertiary/aromatic N) is 3. The lowest BCUT2D eigenvalue weighted by molar-refractivity contribution is 0.0746. The van der Waals surface area contributed by atoms with Gasteiger partial charge in [-0.25, -0.2) is 8.42 Å². The molecule has 1 saturated heterocycles. The van der Waals surface area contributed by atoms with Crippen LogP contribution in [0, 0.1) is 6.92 Å². The number of carbonyl (C=O) groups excluding carboxylic acids is 1.